The molecule has 28 heavy (non-hydrogen) atoms. The molecule has 2 rings (SSSR count). The Labute approximate surface area is 170 Å². The van der Waals surface area contributed by atoms with Gasteiger partial charge in [-0.3, -0.25) is 9.59 Å². The zero-order valence-electron chi connectivity index (χ0n) is 18.2. The van der Waals surface area contributed by atoms with E-state index in [2.05, 4.69) is 29.5 Å². The van der Waals surface area contributed by atoms with Crippen molar-refractivity contribution in [2.75, 3.05) is 40.3 Å². The van der Waals surface area contributed by atoms with Gasteiger partial charge in [0.05, 0.1) is 0 Å². The lowest BCUT2D eigenvalue weighted by Gasteiger charge is -2.20. The molecule has 160 valence electrons. The molecule has 0 bridgehead atoms. The van der Waals surface area contributed by atoms with Gasteiger partial charge in [-0.25, -0.2) is 4.99 Å². The van der Waals surface area contributed by atoms with E-state index < -0.39 is 0 Å². The number of hydrogen-bond donors (Lipinski definition) is 2. The number of amides is 2. The van der Waals surface area contributed by atoms with Crippen LogP contribution in [0.15, 0.2) is 4.99 Å². The van der Waals surface area contributed by atoms with Crippen LogP contribution in [0.1, 0.15) is 58.8 Å². The summed E-state index contributed by atoms with van der Waals surface area (Å²) in [5.74, 6) is 1.87. The van der Waals surface area contributed by atoms with Crippen LogP contribution in [0.3, 0.4) is 0 Å². The van der Waals surface area contributed by atoms with Crippen LogP contribution >= 0.6 is 0 Å². The van der Waals surface area contributed by atoms with Crippen molar-refractivity contribution >= 4 is 17.8 Å². The summed E-state index contributed by atoms with van der Waals surface area (Å²) in [5.41, 5.74) is 0. The first-order chi connectivity index (χ1) is 13.4. The monoisotopic (exact) mass is 393 g/mol. The van der Waals surface area contributed by atoms with Crippen LogP contribution in [0.2, 0.25) is 0 Å². The van der Waals surface area contributed by atoms with Gasteiger partial charge in [-0.2, -0.15) is 0 Å². The van der Waals surface area contributed by atoms with Crippen molar-refractivity contribution < 1.29 is 9.59 Å². The number of nitrogens with zero attached hydrogens (tertiary/aromatic N) is 3. The van der Waals surface area contributed by atoms with Crippen LogP contribution < -0.4 is 10.6 Å². The van der Waals surface area contributed by atoms with Crippen molar-refractivity contribution in [1.29, 1.82) is 0 Å². The summed E-state index contributed by atoms with van der Waals surface area (Å²) >= 11 is 0. The second-order valence-corrected chi connectivity index (χ2v) is 8.48. The van der Waals surface area contributed by atoms with Crippen molar-refractivity contribution in [3.63, 3.8) is 0 Å². The summed E-state index contributed by atoms with van der Waals surface area (Å²) in [4.78, 5) is 32.2. The van der Waals surface area contributed by atoms with Crippen LogP contribution in [-0.2, 0) is 9.59 Å². The average molecular weight is 394 g/mol. The lowest BCUT2D eigenvalue weighted by molar-refractivity contribution is -0.128. The quantitative estimate of drug-likeness (QED) is 0.415. The van der Waals surface area contributed by atoms with Crippen LogP contribution in [0, 0.1) is 11.8 Å². The second kappa shape index (κ2) is 11.3. The Bertz CT molecular complexity index is 545. The van der Waals surface area contributed by atoms with E-state index >= 15 is 0 Å². The minimum absolute atomic E-state index is 0.0184. The van der Waals surface area contributed by atoms with Crippen LogP contribution in [0.25, 0.3) is 0 Å². The van der Waals surface area contributed by atoms with Crippen LogP contribution in [0.4, 0.5) is 0 Å². The highest BCUT2D eigenvalue weighted by Gasteiger charge is 2.39. The molecular weight excluding hydrogens is 354 g/mol. The molecule has 1 saturated heterocycles. The lowest BCUT2D eigenvalue weighted by atomic mass is 9.99. The molecule has 7 nitrogen and oxygen atoms in total. The summed E-state index contributed by atoms with van der Waals surface area (Å²) < 4.78 is 0. The Morgan fingerprint density at radius 1 is 1.29 bits per heavy atom. The van der Waals surface area contributed by atoms with E-state index in [9.17, 15) is 9.59 Å². The normalized spacial score (nSPS) is 21.0. The number of hydrogen-bond acceptors (Lipinski definition) is 3. The van der Waals surface area contributed by atoms with E-state index in [1.54, 1.807) is 19.0 Å². The first-order valence-corrected chi connectivity index (χ1v) is 11.0. The largest absolute Gasteiger partial charge is 0.356 e. The van der Waals surface area contributed by atoms with E-state index in [0.29, 0.717) is 36.8 Å². The topological polar surface area (TPSA) is 77.0 Å². The van der Waals surface area contributed by atoms with Gasteiger partial charge in [0.15, 0.2) is 5.96 Å². The van der Waals surface area contributed by atoms with Gasteiger partial charge in [-0.05, 0) is 25.2 Å². The number of likely N-dealkylation sites (N-methyl/N-ethyl adjacent to an activating group) is 1. The maximum Gasteiger partial charge on any atom is 0.243 e. The molecule has 2 N–H and O–H groups in total. The van der Waals surface area contributed by atoms with Gasteiger partial charge in [-0.15, -0.1) is 0 Å². The van der Waals surface area contributed by atoms with Crippen molar-refractivity contribution in [2.24, 2.45) is 16.8 Å². The summed E-state index contributed by atoms with van der Waals surface area (Å²) in [5, 5.41) is 6.81. The summed E-state index contributed by atoms with van der Waals surface area (Å²) in [6.07, 6.45) is 7.70. The molecule has 1 heterocycles. The number of aliphatic imine (C=N–C) groups is 1. The van der Waals surface area contributed by atoms with Crippen molar-refractivity contribution in [2.45, 2.75) is 64.8 Å². The van der Waals surface area contributed by atoms with Crippen LogP contribution in [-0.4, -0.2) is 73.9 Å². The highest BCUT2D eigenvalue weighted by molar-refractivity contribution is 5.85. The zero-order chi connectivity index (χ0) is 20.5. The third-order valence-corrected chi connectivity index (χ3v) is 5.76. The maximum atomic E-state index is 12.2. The number of nitrogens with one attached hydrogen (secondary N) is 2. The van der Waals surface area contributed by atoms with Gasteiger partial charge in [-0.1, -0.05) is 33.1 Å². The molecule has 2 aliphatic rings. The Balaban J connectivity index is 1.86. The van der Waals surface area contributed by atoms with E-state index in [4.69, 9.17) is 0 Å². The third kappa shape index (κ3) is 7.32. The second-order valence-electron chi connectivity index (χ2n) is 8.48. The van der Waals surface area contributed by atoms with Gasteiger partial charge < -0.3 is 20.4 Å². The molecule has 2 atom stereocenters. The Hall–Kier alpha value is -1.79. The Morgan fingerprint density at radius 3 is 2.64 bits per heavy atom. The van der Waals surface area contributed by atoms with E-state index in [0.717, 1.165) is 32.4 Å². The zero-order valence-corrected chi connectivity index (χ0v) is 18.2. The maximum absolute atomic E-state index is 12.2. The molecule has 0 radical (unpaired) electrons. The molecule has 0 aromatic rings. The van der Waals surface area contributed by atoms with Gasteiger partial charge in [0.1, 0.15) is 6.54 Å². The first-order valence-electron chi connectivity index (χ1n) is 11.0. The first kappa shape index (κ1) is 22.5. The van der Waals surface area contributed by atoms with Crippen LogP contribution in [0.5, 0.6) is 0 Å². The molecule has 2 amide bonds. The molecule has 1 aliphatic carbocycles. The molecule has 0 spiro atoms. The van der Waals surface area contributed by atoms with E-state index in [1.807, 2.05) is 4.90 Å². The predicted molar refractivity (Wildman–Crippen MR) is 113 cm³/mol. The standard InChI is InChI=1S/C21H39N5O2/c1-5-7-8-16(6-2)12-22-21(24-14-20(28)25(3)4)23-13-17-11-19(27)26(15-17)18-9-10-18/h16-18H,5-15H2,1-4H3,(H2,22,23,24). The smallest absolute Gasteiger partial charge is 0.243 e. The molecule has 0 aromatic carbocycles. The summed E-state index contributed by atoms with van der Waals surface area (Å²) in [6.45, 7) is 6.98. The van der Waals surface area contributed by atoms with Gasteiger partial charge >= 0.3 is 0 Å². The summed E-state index contributed by atoms with van der Waals surface area (Å²) in [7, 11) is 3.49. The van der Waals surface area contributed by atoms with E-state index in [-0.39, 0.29) is 18.4 Å². The molecule has 2 unspecified atom stereocenters. The fraction of sp³-hybridized carbons (Fsp3) is 0.857. The SMILES string of the molecule is CCCCC(CC)CNC(=NCC(=O)N(C)C)NCC1CC(=O)N(C2CC2)C1. The Kier molecular flexibility index (Phi) is 9.06. The number of likely N-dealkylation sites (tertiary alicyclic amines) is 1. The summed E-state index contributed by atoms with van der Waals surface area (Å²) in [6, 6.07) is 0.491. The fourth-order valence-corrected chi connectivity index (χ4v) is 3.57. The molecule has 0 aromatic heterocycles. The van der Waals surface area contributed by atoms with Gasteiger partial charge in [0.25, 0.3) is 0 Å². The Morgan fingerprint density at radius 2 is 2.04 bits per heavy atom. The third-order valence-electron chi connectivity index (χ3n) is 5.76. The lowest BCUT2D eigenvalue weighted by Crippen LogP contribution is -2.43. The van der Waals surface area contributed by atoms with Gasteiger partial charge in [0.2, 0.25) is 11.8 Å². The number of carbonyl (C=O) groups is 2. The number of rotatable bonds is 11. The number of guanidine groups is 1. The molecule has 1 aliphatic heterocycles. The molecule has 7 heteroatoms. The fourth-order valence-electron chi connectivity index (χ4n) is 3.57. The van der Waals surface area contributed by atoms with Crippen molar-refractivity contribution in [3.8, 4) is 0 Å². The molecule has 2 fully saturated rings. The highest BCUT2D eigenvalue weighted by Crippen LogP contribution is 2.32. The van der Waals surface area contributed by atoms with Gasteiger partial charge in [0, 0.05) is 52.1 Å². The predicted octanol–water partition coefficient (Wildman–Crippen LogP) is 1.84. The minimum Gasteiger partial charge on any atom is -0.356 e. The van der Waals surface area contributed by atoms with E-state index in [1.165, 1.54) is 19.3 Å². The molecule has 1 saturated carbocycles. The average Bonchev–Trinajstić information content (AvgIpc) is 3.45. The number of unbranched alkanes of at least 4 members (excludes halogenated alkanes) is 1. The van der Waals surface area contributed by atoms with Crippen molar-refractivity contribution in [3.05, 3.63) is 0 Å². The molecular formula is C21H39N5O2. The number of carbonyl (C=O) groups excluding carboxylic acids is 2. The van der Waals surface area contributed by atoms with Crippen molar-refractivity contribution in [1.82, 2.24) is 20.4 Å². The minimum atomic E-state index is -0.0184. The highest BCUT2D eigenvalue weighted by atomic mass is 16.2.